The van der Waals surface area contributed by atoms with E-state index in [1.165, 1.54) is 35.2 Å². The third kappa shape index (κ3) is 3.33. The Morgan fingerprint density at radius 2 is 1.96 bits per heavy atom. The fourth-order valence-electron chi connectivity index (χ4n) is 3.19. The summed E-state index contributed by atoms with van der Waals surface area (Å²) in [5, 5.41) is 3.56. The van der Waals surface area contributed by atoms with Crippen LogP contribution >= 0.6 is 23.1 Å². The largest absolute Gasteiger partial charge is 0.342 e. The molecule has 1 atom stereocenters. The number of nitrogens with zero attached hydrogens (tertiary/aromatic N) is 3. The molecule has 4 rings (SSSR count). The third-order valence-corrected chi connectivity index (χ3v) is 6.52. The summed E-state index contributed by atoms with van der Waals surface area (Å²) >= 11 is 3.01. The number of hydrogen-bond acceptors (Lipinski definition) is 5. The van der Waals surface area contributed by atoms with Crippen molar-refractivity contribution in [2.24, 2.45) is 0 Å². The first-order valence-corrected chi connectivity index (χ1v) is 10.3. The maximum Gasteiger partial charge on any atom is 0.235 e. The van der Waals surface area contributed by atoms with E-state index >= 15 is 0 Å². The highest BCUT2D eigenvalue weighted by molar-refractivity contribution is 8.00. The molecule has 2 aromatic heterocycles. The van der Waals surface area contributed by atoms with E-state index < -0.39 is 0 Å². The molecule has 1 amide bonds. The molecule has 0 saturated carbocycles. The van der Waals surface area contributed by atoms with E-state index in [0.717, 1.165) is 52.3 Å². The molecule has 3 aromatic rings. The Hall–Kier alpha value is -1.99. The minimum atomic E-state index is -0.260. The summed E-state index contributed by atoms with van der Waals surface area (Å²) in [7, 11) is 0. The number of carbonyl (C=O) groups is 1. The molecule has 0 radical (unpaired) electrons. The number of hydrogen-bond donors (Lipinski definition) is 0. The minimum absolute atomic E-state index is 0.165. The van der Waals surface area contributed by atoms with Crippen molar-refractivity contribution in [3.63, 3.8) is 0 Å². The van der Waals surface area contributed by atoms with Crippen LogP contribution in [0.5, 0.6) is 0 Å². The number of thioether (sulfide) groups is 1. The lowest BCUT2D eigenvalue weighted by molar-refractivity contribution is -0.129. The van der Waals surface area contributed by atoms with Gasteiger partial charge in [0.1, 0.15) is 22.0 Å². The molecule has 1 aliphatic heterocycles. The molecule has 1 aliphatic rings. The molecule has 0 N–H and O–H groups in total. The molecule has 0 spiro atoms. The molecule has 26 heavy (non-hydrogen) atoms. The highest BCUT2D eigenvalue weighted by Gasteiger charge is 2.25. The van der Waals surface area contributed by atoms with Crippen molar-refractivity contribution in [2.75, 3.05) is 13.1 Å². The summed E-state index contributed by atoms with van der Waals surface area (Å²) < 4.78 is 13.3. The highest BCUT2D eigenvalue weighted by Crippen LogP contribution is 2.39. The topological polar surface area (TPSA) is 46.1 Å². The van der Waals surface area contributed by atoms with Crippen LogP contribution in [0.4, 0.5) is 4.39 Å². The van der Waals surface area contributed by atoms with Gasteiger partial charge in [0, 0.05) is 24.0 Å². The first-order valence-electron chi connectivity index (χ1n) is 8.57. The molecule has 7 heteroatoms. The maximum absolute atomic E-state index is 13.3. The van der Waals surface area contributed by atoms with Gasteiger partial charge in [0.05, 0.1) is 10.6 Å². The molecule has 4 nitrogen and oxygen atoms in total. The Balaban J connectivity index is 1.67. The second kappa shape index (κ2) is 7.32. The van der Waals surface area contributed by atoms with Crippen molar-refractivity contribution < 1.29 is 9.18 Å². The summed E-state index contributed by atoms with van der Waals surface area (Å²) in [4.78, 5) is 24.3. The number of amides is 1. The van der Waals surface area contributed by atoms with Crippen LogP contribution in [0.15, 0.2) is 41.0 Å². The van der Waals surface area contributed by atoms with Crippen LogP contribution in [-0.4, -0.2) is 39.1 Å². The van der Waals surface area contributed by atoms with Crippen LogP contribution in [0, 0.1) is 5.82 Å². The maximum atomic E-state index is 13.3. The van der Waals surface area contributed by atoms with Gasteiger partial charge in [-0.2, -0.15) is 0 Å². The molecular formula is C19H18FN3OS2. The molecule has 0 aliphatic carbocycles. The van der Waals surface area contributed by atoms with E-state index in [4.69, 9.17) is 0 Å². The van der Waals surface area contributed by atoms with Gasteiger partial charge in [-0.15, -0.1) is 11.3 Å². The molecule has 1 aromatic carbocycles. The van der Waals surface area contributed by atoms with E-state index in [2.05, 4.69) is 9.97 Å². The lowest BCUT2D eigenvalue weighted by Crippen LogP contribution is -2.34. The predicted molar refractivity (Wildman–Crippen MR) is 104 cm³/mol. The van der Waals surface area contributed by atoms with Gasteiger partial charge in [-0.05, 0) is 37.5 Å². The quantitative estimate of drug-likeness (QED) is 0.485. The number of rotatable bonds is 4. The summed E-state index contributed by atoms with van der Waals surface area (Å²) in [6, 6.07) is 6.43. The standard InChI is InChI=1S/C19H18FN3OS2/c1-12(19(24)23-8-2-3-9-23)26-18-16-15(10-25-17(16)21-11-22-18)13-4-6-14(20)7-5-13/h4-7,10-12H,2-3,8-9H2,1H3. The average Bonchev–Trinajstić information content (AvgIpc) is 3.32. The first kappa shape index (κ1) is 17.4. The van der Waals surface area contributed by atoms with Crippen molar-refractivity contribution in [1.82, 2.24) is 14.9 Å². The van der Waals surface area contributed by atoms with Crippen molar-refractivity contribution in [3.8, 4) is 11.1 Å². The van der Waals surface area contributed by atoms with E-state index in [1.54, 1.807) is 18.5 Å². The van der Waals surface area contributed by atoms with Crippen molar-refractivity contribution in [1.29, 1.82) is 0 Å². The Morgan fingerprint density at radius 1 is 1.23 bits per heavy atom. The van der Waals surface area contributed by atoms with Crippen molar-refractivity contribution in [3.05, 3.63) is 41.8 Å². The summed E-state index contributed by atoms with van der Waals surface area (Å²) in [6.45, 7) is 3.63. The van der Waals surface area contributed by atoms with Crippen LogP contribution in [-0.2, 0) is 4.79 Å². The number of halogens is 1. The zero-order chi connectivity index (χ0) is 18.1. The summed E-state index contributed by atoms with van der Waals surface area (Å²) in [5.41, 5.74) is 1.90. The number of thiophene rings is 1. The molecule has 1 fully saturated rings. The minimum Gasteiger partial charge on any atom is -0.342 e. The number of benzene rings is 1. The van der Waals surface area contributed by atoms with Crippen LogP contribution in [0.3, 0.4) is 0 Å². The Bertz CT molecular complexity index is 936. The smallest absolute Gasteiger partial charge is 0.235 e. The van der Waals surface area contributed by atoms with Gasteiger partial charge < -0.3 is 4.90 Å². The van der Waals surface area contributed by atoms with Crippen molar-refractivity contribution in [2.45, 2.75) is 30.0 Å². The van der Waals surface area contributed by atoms with Crippen LogP contribution in [0.1, 0.15) is 19.8 Å². The molecule has 134 valence electrons. The van der Waals surface area contributed by atoms with E-state index in [0.29, 0.717) is 0 Å². The predicted octanol–water partition coefficient (Wildman–Crippen LogP) is 4.60. The lowest BCUT2D eigenvalue weighted by Gasteiger charge is -2.19. The second-order valence-corrected chi connectivity index (χ2v) is 8.50. The number of likely N-dealkylation sites (tertiary alicyclic amines) is 1. The van der Waals surface area contributed by atoms with E-state index in [9.17, 15) is 9.18 Å². The molecule has 3 heterocycles. The SMILES string of the molecule is CC(Sc1ncnc2scc(-c3ccc(F)cc3)c12)C(=O)N1CCCC1. The summed E-state index contributed by atoms with van der Waals surface area (Å²) in [5.74, 6) is -0.0956. The molecule has 0 bridgehead atoms. The normalized spacial score (nSPS) is 15.5. The Kier molecular flexibility index (Phi) is 4.91. The van der Waals surface area contributed by atoms with Gasteiger partial charge in [0.2, 0.25) is 5.91 Å². The zero-order valence-corrected chi connectivity index (χ0v) is 15.9. The van der Waals surface area contributed by atoms with Crippen LogP contribution in [0.25, 0.3) is 21.3 Å². The van der Waals surface area contributed by atoms with E-state index in [1.807, 2.05) is 17.2 Å². The van der Waals surface area contributed by atoms with Crippen molar-refractivity contribution >= 4 is 39.2 Å². The van der Waals surface area contributed by atoms with Crippen LogP contribution in [0.2, 0.25) is 0 Å². The van der Waals surface area contributed by atoms with Gasteiger partial charge in [-0.1, -0.05) is 23.9 Å². The molecule has 1 unspecified atom stereocenters. The highest BCUT2D eigenvalue weighted by atomic mass is 32.2. The Morgan fingerprint density at radius 3 is 2.69 bits per heavy atom. The van der Waals surface area contributed by atoms with Crippen LogP contribution < -0.4 is 0 Å². The number of carbonyl (C=O) groups excluding carboxylic acids is 1. The lowest BCUT2D eigenvalue weighted by atomic mass is 10.1. The van der Waals surface area contributed by atoms with Gasteiger partial charge in [0.25, 0.3) is 0 Å². The fourth-order valence-corrected chi connectivity index (χ4v) is 5.19. The molecule has 1 saturated heterocycles. The average molecular weight is 388 g/mol. The van der Waals surface area contributed by atoms with Gasteiger partial charge in [0.15, 0.2) is 0 Å². The number of aromatic nitrogens is 2. The van der Waals surface area contributed by atoms with E-state index in [-0.39, 0.29) is 17.0 Å². The summed E-state index contributed by atoms with van der Waals surface area (Å²) in [6.07, 6.45) is 3.71. The third-order valence-electron chi connectivity index (χ3n) is 4.54. The van der Waals surface area contributed by atoms with Gasteiger partial charge >= 0.3 is 0 Å². The Labute approximate surface area is 159 Å². The zero-order valence-electron chi connectivity index (χ0n) is 14.3. The first-order chi connectivity index (χ1) is 12.6. The second-order valence-electron chi connectivity index (χ2n) is 6.31. The monoisotopic (exact) mass is 387 g/mol. The molecular weight excluding hydrogens is 369 g/mol. The fraction of sp³-hybridized carbons (Fsp3) is 0.316. The number of fused-ring (bicyclic) bond motifs is 1. The van der Waals surface area contributed by atoms with Gasteiger partial charge in [-0.25, -0.2) is 14.4 Å². The van der Waals surface area contributed by atoms with Gasteiger partial charge in [-0.3, -0.25) is 4.79 Å².